The molecule has 24 heavy (non-hydrogen) atoms. The molecule has 0 aliphatic carbocycles. The van der Waals surface area contributed by atoms with Gasteiger partial charge in [0.2, 0.25) is 0 Å². The Labute approximate surface area is 148 Å². The molecule has 0 heterocycles. The van der Waals surface area contributed by atoms with E-state index >= 15 is 0 Å². The first-order valence-electron chi connectivity index (χ1n) is 7.70. The van der Waals surface area contributed by atoms with E-state index in [1.807, 2.05) is 0 Å². The molecule has 0 rings (SSSR count). The molecule has 7 nitrogen and oxygen atoms in total. The molecule has 0 aliphatic heterocycles. The highest BCUT2D eigenvalue weighted by molar-refractivity contribution is 8.13. The van der Waals surface area contributed by atoms with Gasteiger partial charge in [0.25, 0.3) is 0 Å². The molecule has 142 valence electrons. The highest BCUT2D eigenvalue weighted by atomic mass is 32.2. The smallest absolute Gasteiger partial charge is 0.309 e. The zero-order valence-electron chi connectivity index (χ0n) is 14.3. The van der Waals surface area contributed by atoms with Crippen LogP contribution < -0.4 is 0 Å². The number of carbonyl (C=O) groups is 2. The third kappa shape index (κ3) is 11.9. The van der Waals surface area contributed by atoms with Crippen LogP contribution in [0.5, 0.6) is 0 Å². The van der Waals surface area contributed by atoms with E-state index in [4.69, 9.17) is 4.74 Å². The third-order valence-corrected chi connectivity index (χ3v) is 7.65. The van der Waals surface area contributed by atoms with Gasteiger partial charge in [0, 0.05) is 12.7 Å². The molecule has 0 radical (unpaired) electrons. The molecular formula is C14H26O7S3. The molecule has 0 aromatic heterocycles. The molecule has 0 fully saturated rings. The average molecular weight is 403 g/mol. The van der Waals surface area contributed by atoms with E-state index in [2.05, 4.69) is 0 Å². The lowest BCUT2D eigenvalue weighted by molar-refractivity contribution is -0.146. The van der Waals surface area contributed by atoms with Crippen molar-refractivity contribution in [2.75, 3.05) is 35.4 Å². The number of carbonyl (C=O) groups excluding carboxylic acids is 2. The zero-order chi connectivity index (χ0) is 18.8. The Balaban J connectivity index is 4.23. The molecule has 0 aliphatic rings. The summed E-state index contributed by atoms with van der Waals surface area (Å²) in [6, 6.07) is 0. The fourth-order valence-electron chi connectivity index (χ4n) is 1.91. The third-order valence-electron chi connectivity index (χ3n) is 3.01. The van der Waals surface area contributed by atoms with Crippen LogP contribution in [0.1, 0.15) is 33.6 Å². The summed E-state index contributed by atoms with van der Waals surface area (Å²) in [6.07, 6.45) is 0.360. The van der Waals surface area contributed by atoms with Crippen LogP contribution in [0.3, 0.4) is 0 Å². The fourth-order valence-corrected chi connectivity index (χ4v) is 5.88. The van der Waals surface area contributed by atoms with Gasteiger partial charge in [0.05, 0.1) is 35.5 Å². The summed E-state index contributed by atoms with van der Waals surface area (Å²) in [5.74, 6) is -1.81. The Bertz CT molecular complexity index is 608. The Morgan fingerprint density at radius 3 is 2.08 bits per heavy atom. The van der Waals surface area contributed by atoms with E-state index in [0.29, 0.717) is 12.2 Å². The maximum atomic E-state index is 11.9. The Morgan fingerprint density at radius 2 is 1.54 bits per heavy atom. The molecule has 0 saturated carbocycles. The minimum atomic E-state index is -3.52. The van der Waals surface area contributed by atoms with Crippen LogP contribution in [0.4, 0.5) is 0 Å². The van der Waals surface area contributed by atoms with E-state index in [9.17, 15) is 26.4 Å². The minimum absolute atomic E-state index is 0.0000628. The van der Waals surface area contributed by atoms with Gasteiger partial charge in [-0.3, -0.25) is 9.59 Å². The quantitative estimate of drug-likeness (QED) is 0.352. The standard InChI is InChI=1S/C14H26O7S3/c1-4-21-14(16)12(2)11-24(19,20)10-6-9-23(17,18)8-5-7-22-13(3)15/h12H,4-11H2,1-3H3. The molecule has 1 unspecified atom stereocenters. The van der Waals surface area contributed by atoms with Crippen molar-refractivity contribution in [3.63, 3.8) is 0 Å². The zero-order valence-corrected chi connectivity index (χ0v) is 16.8. The highest BCUT2D eigenvalue weighted by Crippen LogP contribution is 2.09. The Morgan fingerprint density at radius 1 is 1.00 bits per heavy atom. The topological polar surface area (TPSA) is 112 Å². The van der Waals surface area contributed by atoms with Gasteiger partial charge in [-0.1, -0.05) is 18.7 Å². The monoisotopic (exact) mass is 402 g/mol. The lowest BCUT2D eigenvalue weighted by Crippen LogP contribution is -2.26. The average Bonchev–Trinajstić information content (AvgIpc) is 2.42. The van der Waals surface area contributed by atoms with Crippen LogP contribution in [0.15, 0.2) is 0 Å². The molecular weight excluding hydrogens is 376 g/mol. The Kier molecular flexibility index (Phi) is 10.8. The van der Waals surface area contributed by atoms with Crippen LogP contribution >= 0.6 is 11.8 Å². The lowest BCUT2D eigenvalue weighted by Gasteiger charge is -2.11. The summed E-state index contributed by atoms with van der Waals surface area (Å²) in [5.41, 5.74) is 0. The first-order valence-corrected chi connectivity index (χ1v) is 12.3. The Hall–Kier alpha value is -0.610. The number of rotatable bonds is 12. The molecule has 0 amide bonds. The number of esters is 1. The highest BCUT2D eigenvalue weighted by Gasteiger charge is 2.23. The summed E-state index contributed by atoms with van der Waals surface area (Å²) in [4.78, 5) is 22.2. The SMILES string of the molecule is CCOC(=O)C(C)CS(=O)(=O)CCCS(=O)(=O)CCCSC(C)=O. The summed E-state index contributed by atoms with van der Waals surface area (Å²) < 4.78 is 52.2. The molecule has 10 heteroatoms. The van der Waals surface area contributed by atoms with Crippen molar-refractivity contribution in [2.45, 2.75) is 33.6 Å². The summed E-state index contributed by atoms with van der Waals surface area (Å²) >= 11 is 1.07. The normalized spacial score (nSPS) is 13.5. The molecule has 0 bridgehead atoms. The first-order chi connectivity index (χ1) is 11.0. The van der Waals surface area contributed by atoms with Crippen molar-refractivity contribution in [2.24, 2.45) is 5.92 Å². The molecule has 0 saturated heterocycles. The molecule has 1 atom stereocenters. The van der Waals surface area contributed by atoms with Crippen LogP contribution in [0, 0.1) is 5.92 Å². The van der Waals surface area contributed by atoms with Crippen LogP contribution in [0.2, 0.25) is 0 Å². The van der Waals surface area contributed by atoms with Crippen molar-refractivity contribution in [3.05, 3.63) is 0 Å². The van der Waals surface area contributed by atoms with Gasteiger partial charge in [0.15, 0.2) is 15.0 Å². The van der Waals surface area contributed by atoms with Crippen molar-refractivity contribution < 1.29 is 31.2 Å². The summed E-state index contributed by atoms with van der Waals surface area (Å²) in [6.45, 7) is 4.71. The van der Waals surface area contributed by atoms with Gasteiger partial charge in [-0.2, -0.15) is 0 Å². The van der Waals surface area contributed by atoms with E-state index in [-0.39, 0.29) is 41.2 Å². The van der Waals surface area contributed by atoms with Gasteiger partial charge >= 0.3 is 5.97 Å². The summed E-state index contributed by atoms with van der Waals surface area (Å²) in [5, 5.41) is -0.0609. The fraction of sp³-hybridized carbons (Fsp3) is 0.857. The largest absolute Gasteiger partial charge is 0.466 e. The summed E-state index contributed by atoms with van der Waals surface area (Å²) in [7, 11) is -6.85. The van der Waals surface area contributed by atoms with Gasteiger partial charge in [0.1, 0.15) is 9.84 Å². The predicted octanol–water partition coefficient (Wildman–Crippen LogP) is 1.08. The molecule has 0 N–H and O–H groups in total. The second kappa shape index (κ2) is 11.1. The van der Waals surface area contributed by atoms with Gasteiger partial charge < -0.3 is 4.74 Å². The van der Waals surface area contributed by atoms with Crippen molar-refractivity contribution >= 4 is 42.5 Å². The molecule has 0 spiro atoms. The van der Waals surface area contributed by atoms with Crippen LogP contribution in [0.25, 0.3) is 0 Å². The van der Waals surface area contributed by atoms with Crippen molar-refractivity contribution in [3.8, 4) is 0 Å². The van der Waals surface area contributed by atoms with Crippen molar-refractivity contribution in [1.29, 1.82) is 0 Å². The predicted molar refractivity (Wildman–Crippen MR) is 95.5 cm³/mol. The van der Waals surface area contributed by atoms with Gasteiger partial charge in [-0.05, 0) is 19.8 Å². The lowest BCUT2D eigenvalue weighted by atomic mass is 10.2. The van der Waals surface area contributed by atoms with E-state index in [0.717, 1.165) is 11.8 Å². The number of ether oxygens (including phenoxy) is 1. The first kappa shape index (κ1) is 23.4. The maximum Gasteiger partial charge on any atom is 0.309 e. The number of hydrogen-bond acceptors (Lipinski definition) is 8. The van der Waals surface area contributed by atoms with E-state index < -0.39 is 31.6 Å². The number of hydrogen-bond donors (Lipinski definition) is 0. The molecule has 0 aromatic rings. The van der Waals surface area contributed by atoms with Crippen LogP contribution in [-0.2, 0) is 34.0 Å². The second-order valence-electron chi connectivity index (χ2n) is 5.47. The van der Waals surface area contributed by atoms with Gasteiger partial charge in [-0.15, -0.1) is 0 Å². The van der Waals surface area contributed by atoms with E-state index in [1.165, 1.54) is 13.8 Å². The minimum Gasteiger partial charge on any atom is -0.466 e. The number of thioether (sulfide) groups is 1. The van der Waals surface area contributed by atoms with Crippen molar-refractivity contribution in [1.82, 2.24) is 0 Å². The molecule has 0 aromatic carbocycles. The van der Waals surface area contributed by atoms with E-state index in [1.54, 1.807) is 6.92 Å². The second-order valence-corrected chi connectivity index (χ2v) is 11.3. The maximum absolute atomic E-state index is 11.9. The van der Waals surface area contributed by atoms with Gasteiger partial charge in [-0.25, -0.2) is 16.8 Å². The number of sulfone groups is 2. The van der Waals surface area contributed by atoms with Crippen LogP contribution in [-0.4, -0.2) is 63.3 Å².